The molecule has 2 aliphatic rings. The SMILES string of the molecule is O=C(CN1C(=O)c2ccccc2N2C(=O)c3ccccc3[C@H]12)Nc1ccc(F)c(F)c1F. The van der Waals surface area contributed by atoms with Crippen LogP contribution in [0.2, 0.25) is 0 Å². The highest BCUT2D eigenvalue weighted by Gasteiger charge is 2.48. The molecule has 2 heterocycles. The number of carbonyl (C=O) groups is 3. The summed E-state index contributed by atoms with van der Waals surface area (Å²) in [6.45, 7) is -0.547. The van der Waals surface area contributed by atoms with Gasteiger partial charge in [-0.3, -0.25) is 19.3 Å². The monoisotopic (exact) mass is 437 g/mol. The molecule has 0 fully saturated rings. The van der Waals surface area contributed by atoms with Gasteiger partial charge in [-0.25, -0.2) is 13.2 Å². The molecule has 5 rings (SSSR count). The van der Waals surface area contributed by atoms with Crippen molar-refractivity contribution in [3.05, 3.63) is 94.8 Å². The zero-order valence-electron chi connectivity index (χ0n) is 16.3. The summed E-state index contributed by atoms with van der Waals surface area (Å²) in [5, 5.41) is 2.17. The molecule has 0 unspecified atom stereocenters. The van der Waals surface area contributed by atoms with Crippen molar-refractivity contribution in [3.63, 3.8) is 0 Å². The molecule has 0 bridgehead atoms. The number of nitrogens with one attached hydrogen (secondary N) is 1. The number of amides is 3. The molecule has 0 spiro atoms. The van der Waals surface area contributed by atoms with Gasteiger partial charge >= 0.3 is 0 Å². The van der Waals surface area contributed by atoms with Crippen molar-refractivity contribution in [1.29, 1.82) is 0 Å². The largest absolute Gasteiger partial charge is 0.322 e. The van der Waals surface area contributed by atoms with Crippen LogP contribution < -0.4 is 10.2 Å². The van der Waals surface area contributed by atoms with Gasteiger partial charge in [-0.05, 0) is 30.3 Å². The first kappa shape index (κ1) is 19.8. The Morgan fingerprint density at radius 3 is 2.31 bits per heavy atom. The lowest BCUT2D eigenvalue weighted by Crippen LogP contribution is -2.50. The van der Waals surface area contributed by atoms with E-state index >= 15 is 0 Å². The fourth-order valence-corrected chi connectivity index (χ4v) is 4.10. The summed E-state index contributed by atoms with van der Waals surface area (Å²) in [4.78, 5) is 41.7. The summed E-state index contributed by atoms with van der Waals surface area (Å²) in [6.07, 6.45) is -0.873. The highest BCUT2D eigenvalue weighted by Crippen LogP contribution is 2.44. The Bertz CT molecular complexity index is 1310. The van der Waals surface area contributed by atoms with Gasteiger partial charge in [0.25, 0.3) is 11.8 Å². The van der Waals surface area contributed by atoms with E-state index in [1.165, 1.54) is 9.80 Å². The zero-order chi connectivity index (χ0) is 22.6. The summed E-state index contributed by atoms with van der Waals surface area (Å²) in [7, 11) is 0. The summed E-state index contributed by atoms with van der Waals surface area (Å²) in [5.41, 5.74) is 1.05. The predicted molar refractivity (Wildman–Crippen MR) is 108 cm³/mol. The maximum absolute atomic E-state index is 14.0. The highest BCUT2D eigenvalue weighted by atomic mass is 19.2. The lowest BCUT2D eigenvalue weighted by atomic mass is 10.0. The minimum absolute atomic E-state index is 0.233. The Kier molecular flexibility index (Phi) is 4.47. The smallest absolute Gasteiger partial charge is 0.260 e. The van der Waals surface area contributed by atoms with Gasteiger partial charge < -0.3 is 10.2 Å². The molecule has 3 amide bonds. The van der Waals surface area contributed by atoms with Crippen molar-refractivity contribution < 1.29 is 27.6 Å². The fourth-order valence-electron chi connectivity index (χ4n) is 4.10. The first-order valence-electron chi connectivity index (χ1n) is 9.64. The number of para-hydroxylation sites is 1. The van der Waals surface area contributed by atoms with Crippen LogP contribution in [0.5, 0.6) is 0 Å². The van der Waals surface area contributed by atoms with Crippen LogP contribution in [0.4, 0.5) is 24.5 Å². The van der Waals surface area contributed by atoms with Gasteiger partial charge in [0.1, 0.15) is 12.7 Å². The Hall–Kier alpha value is -4.14. The molecular formula is C23H14F3N3O3. The van der Waals surface area contributed by atoms with Gasteiger partial charge in [0.2, 0.25) is 5.91 Å². The second kappa shape index (κ2) is 7.23. The Morgan fingerprint density at radius 2 is 1.53 bits per heavy atom. The number of nitrogens with zero attached hydrogens (tertiary/aromatic N) is 2. The van der Waals surface area contributed by atoms with Crippen LogP contribution in [-0.4, -0.2) is 29.2 Å². The average molecular weight is 437 g/mol. The van der Waals surface area contributed by atoms with E-state index in [0.29, 0.717) is 22.9 Å². The third-order valence-electron chi connectivity index (χ3n) is 5.51. The number of hydrogen-bond acceptors (Lipinski definition) is 3. The molecule has 32 heavy (non-hydrogen) atoms. The Labute approximate surface area is 179 Å². The minimum atomic E-state index is -1.72. The molecule has 160 valence electrons. The normalized spacial score (nSPS) is 16.5. The maximum Gasteiger partial charge on any atom is 0.260 e. The summed E-state index contributed by atoms with van der Waals surface area (Å²) in [6, 6.07) is 14.9. The van der Waals surface area contributed by atoms with E-state index < -0.39 is 47.7 Å². The van der Waals surface area contributed by atoms with Crippen molar-refractivity contribution in [2.45, 2.75) is 6.17 Å². The molecular weight excluding hydrogens is 423 g/mol. The molecule has 1 atom stereocenters. The van der Waals surface area contributed by atoms with E-state index in [0.717, 1.165) is 6.07 Å². The van der Waals surface area contributed by atoms with Crippen LogP contribution in [-0.2, 0) is 4.79 Å². The Balaban J connectivity index is 1.52. The molecule has 1 N–H and O–H groups in total. The van der Waals surface area contributed by atoms with Crippen molar-refractivity contribution in [1.82, 2.24) is 4.90 Å². The predicted octanol–water partition coefficient (Wildman–Crippen LogP) is 3.86. The van der Waals surface area contributed by atoms with E-state index in [4.69, 9.17) is 0 Å². The molecule has 9 heteroatoms. The van der Waals surface area contributed by atoms with Gasteiger partial charge in [0, 0.05) is 11.1 Å². The van der Waals surface area contributed by atoms with Crippen LogP contribution in [0.15, 0.2) is 60.7 Å². The summed E-state index contributed by atoms with van der Waals surface area (Å²) in [5.74, 6) is -6.29. The molecule has 0 radical (unpaired) electrons. The van der Waals surface area contributed by atoms with Crippen LogP contribution in [0, 0.1) is 17.5 Å². The van der Waals surface area contributed by atoms with Gasteiger partial charge in [0.05, 0.1) is 16.9 Å². The molecule has 3 aromatic rings. The number of anilines is 2. The van der Waals surface area contributed by atoms with Gasteiger partial charge in [-0.1, -0.05) is 30.3 Å². The molecule has 0 saturated carbocycles. The standard InChI is InChI=1S/C23H14F3N3O3/c24-15-9-10-16(20(26)19(15)25)27-18(30)11-28-21-12-5-1-2-6-13(12)23(32)29(21)17-8-4-3-7-14(17)22(28)31/h1-10,21H,11H2,(H,27,30)/t21-/m1/s1. The molecule has 2 aliphatic heterocycles. The quantitative estimate of drug-likeness (QED) is 0.633. The fraction of sp³-hybridized carbons (Fsp3) is 0.0870. The summed E-state index contributed by atoms with van der Waals surface area (Å²) >= 11 is 0. The van der Waals surface area contributed by atoms with E-state index in [9.17, 15) is 27.6 Å². The molecule has 3 aromatic carbocycles. The number of fused-ring (bicyclic) bond motifs is 5. The molecule has 0 aromatic heterocycles. The molecule has 0 saturated heterocycles. The van der Waals surface area contributed by atoms with Gasteiger partial charge in [0.15, 0.2) is 17.5 Å². The van der Waals surface area contributed by atoms with Gasteiger partial charge in [-0.2, -0.15) is 0 Å². The number of benzene rings is 3. The Morgan fingerprint density at radius 1 is 0.844 bits per heavy atom. The number of rotatable bonds is 3. The number of hydrogen-bond donors (Lipinski definition) is 1. The lowest BCUT2D eigenvalue weighted by Gasteiger charge is -2.40. The van der Waals surface area contributed by atoms with E-state index in [2.05, 4.69) is 5.32 Å². The van der Waals surface area contributed by atoms with E-state index in [1.54, 1.807) is 48.5 Å². The number of halogens is 3. The topological polar surface area (TPSA) is 69.7 Å². The first-order chi connectivity index (χ1) is 15.4. The van der Waals surface area contributed by atoms with Crippen molar-refractivity contribution >= 4 is 29.1 Å². The summed E-state index contributed by atoms with van der Waals surface area (Å²) < 4.78 is 40.6. The van der Waals surface area contributed by atoms with Crippen molar-refractivity contribution in [3.8, 4) is 0 Å². The van der Waals surface area contributed by atoms with Crippen LogP contribution >= 0.6 is 0 Å². The lowest BCUT2D eigenvalue weighted by molar-refractivity contribution is -0.117. The number of carbonyl (C=O) groups excluding carboxylic acids is 3. The molecule has 6 nitrogen and oxygen atoms in total. The van der Waals surface area contributed by atoms with Crippen molar-refractivity contribution in [2.24, 2.45) is 0 Å². The first-order valence-corrected chi connectivity index (χ1v) is 9.64. The van der Waals surface area contributed by atoms with E-state index in [1.807, 2.05) is 0 Å². The third-order valence-corrected chi connectivity index (χ3v) is 5.51. The average Bonchev–Trinajstić information content (AvgIpc) is 3.10. The van der Waals surface area contributed by atoms with Crippen LogP contribution in [0.1, 0.15) is 32.4 Å². The van der Waals surface area contributed by atoms with Crippen molar-refractivity contribution in [2.75, 3.05) is 16.8 Å². The van der Waals surface area contributed by atoms with E-state index in [-0.39, 0.29) is 11.5 Å². The zero-order valence-corrected chi connectivity index (χ0v) is 16.3. The van der Waals surface area contributed by atoms with Crippen LogP contribution in [0.3, 0.4) is 0 Å². The highest BCUT2D eigenvalue weighted by molar-refractivity contribution is 6.17. The van der Waals surface area contributed by atoms with Gasteiger partial charge in [-0.15, -0.1) is 0 Å². The second-order valence-electron chi connectivity index (χ2n) is 7.36. The second-order valence-corrected chi connectivity index (χ2v) is 7.36. The van der Waals surface area contributed by atoms with Crippen LogP contribution in [0.25, 0.3) is 0 Å². The maximum atomic E-state index is 14.0. The minimum Gasteiger partial charge on any atom is -0.322 e. The third kappa shape index (κ3) is 2.85. The molecule has 0 aliphatic carbocycles.